The first-order valence-electron chi connectivity index (χ1n) is 9.05. The van der Waals surface area contributed by atoms with Crippen LogP contribution in [0.15, 0.2) is 54.6 Å². The summed E-state index contributed by atoms with van der Waals surface area (Å²) < 4.78 is 15.8. The van der Waals surface area contributed by atoms with Crippen molar-refractivity contribution in [2.24, 2.45) is 0 Å². The summed E-state index contributed by atoms with van der Waals surface area (Å²) in [6.45, 7) is -0.191. The smallest absolute Gasteiger partial charge is 0.348 e. The van der Waals surface area contributed by atoms with Crippen LogP contribution in [0.1, 0.15) is 25.6 Å². The van der Waals surface area contributed by atoms with E-state index in [1.54, 1.807) is 18.2 Å². The Hall–Kier alpha value is -3.65. The normalized spacial score (nSPS) is 11.5. The van der Waals surface area contributed by atoms with Gasteiger partial charge in [0.2, 0.25) is 0 Å². The molecule has 2 aromatic carbocycles. The first-order valence-corrected chi connectivity index (χ1v) is 9.87. The Balaban J connectivity index is 1.35. The highest BCUT2D eigenvalue weighted by atomic mass is 32.1. The second-order valence-corrected chi connectivity index (χ2v) is 7.48. The van der Waals surface area contributed by atoms with E-state index in [-0.39, 0.29) is 0 Å². The van der Waals surface area contributed by atoms with Crippen LogP contribution in [0.4, 0.5) is 0 Å². The number of imide groups is 1. The third-order valence-corrected chi connectivity index (χ3v) is 5.66. The zero-order valence-electron chi connectivity index (χ0n) is 16.0. The van der Waals surface area contributed by atoms with Crippen molar-refractivity contribution < 1.29 is 28.6 Å². The number of carbonyl (C=O) groups is 3. The van der Waals surface area contributed by atoms with Gasteiger partial charge in [-0.15, -0.1) is 11.3 Å². The molecule has 1 aliphatic heterocycles. The van der Waals surface area contributed by atoms with Gasteiger partial charge in [-0.25, -0.2) is 4.79 Å². The number of rotatable bonds is 5. The molecule has 0 saturated carbocycles. The van der Waals surface area contributed by atoms with Gasteiger partial charge in [0, 0.05) is 21.6 Å². The zero-order chi connectivity index (χ0) is 21.1. The largest absolute Gasteiger partial charge is 0.497 e. The molecule has 30 heavy (non-hydrogen) atoms. The number of thiophene rings is 1. The first kappa shape index (κ1) is 19.7. The molecule has 152 valence electrons. The summed E-state index contributed by atoms with van der Waals surface area (Å²) in [6, 6.07) is 15.6. The molecule has 8 heteroatoms. The van der Waals surface area contributed by atoms with Gasteiger partial charge in [0.05, 0.1) is 7.11 Å². The molecule has 0 spiro atoms. The second kappa shape index (κ2) is 8.38. The highest BCUT2D eigenvalue weighted by molar-refractivity contribution is 7.17. The molecular formula is C22H17NO6S. The van der Waals surface area contributed by atoms with Crippen molar-refractivity contribution in [3.8, 4) is 21.9 Å². The fraction of sp³-hybridized carbons (Fsp3) is 0.136. The van der Waals surface area contributed by atoms with E-state index < -0.39 is 24.4 Å². The van der Waals surface area contributed by atoms with Crippen LogP contribution >= 0.6 is 11.3 Å². The van der Waals surface area contributed by atoms with E-state index in [2.05, 4.69) is 5.32 Å². The van der Waals surface area contributed by atoms with Crippen molar-refractivity contribution in [1.82, 2.24) is 5.32 Å². The van der Waals surface area contributed by atoms with Crippen molar-refractivity contribution in [2.75, 3.05) is 13.7 Å². The van der Waals surface area contributed by atoms with Crippen molar-refractivity contribution >= 4 is 29.1 Å². The molecule has 0 saturated heterocycles. The Morgan fingerprint density at radius 3 is 2.63 bits per heavy atom. The standard InChI is InChI=1S/C22H17NO6S/c1-27-15-8-6-13(7-9-15)21(25)23-19(24)12-29-22(26)18-10-14-11-28-17-5-3-2-4-16(17)20(14)30-18/h2-10H,11-12H2,1H3,(H,23,24,25). The van der Waals surface area contributed by atoms with Gasteiger partial charge in [0.25, 0.3) is 11.8 Å². The lowest BCUT2D eigenvalue weighted by Gasteiger charge is -2.16. The fourth-order valence-electron chi connectivity index (χ4n) is 2.98. The maximum Gasteiger partial charge on any atom is 0.348 e. The lowest BCUT2D eigenvalue weighted by atomic mass is 10.1. The van der Waals surface area contributed by atoms with Crippen molar-refractivity contribution in [3.63, 3.8) is 0 Å². The van der Waals surface area contributed by atoms with Gasteiger partial charge < -0.3 is 14.2 Å². The van der Waals surface area contributed by atoms with Crippen LogP contribution in [0, 0.1) is 0 Å². The minimum atomic E-state index is -0.709. The number of fused-ring (bicyclic) bond motifs is 3. The third-order valence-electron chi connectivity index (χ3n) is 4.46. The van der Waals surface area contributed by atoms with Gasteiger partial charge in [0.15, 0.2) is 6.61 Å². The number of amides is 2. The van der Waals surface area contributed by atoms with Crippen molar-refractivity contribution in [1.29, 1.82) is 0 Å². The highest BCUT2D eigenvalue weighted by Crippen LogP contribution is 2.42. The average molecular weight is 423 g/mol. The summed E-state index contributed by atoms with van der Waals surface area (Å²) in [5.74, 6) is -0.557. The summed E-state index contributed by atoms with van der Waals surface area (Å²) in [7, 11) is 1.52. The summed E-state index contributed by atoms with van der Waals surface area (Å²) >= 11 is 1.29. The van der Waals surface area contributed by atoms with Gasteiger partial charge in [0.1, 0.15) is 23.0 Å². The molecule has 0 bridgehead atoms. The molecule has 1 N–H and O–H groups in total. The molecule has 0 fully saturated rings. The molecule has 3 aromatic rings. The van der Waals surface area contributed by atoms with Crippen LogP contribution in [-0.2, 0) is 16.1 Å². The van der Waals surface area contributed by atoms with Crippen LogP contribution in [0.5, 0.6) is 11.5 Å². The number of benzene rings is 2. The van der Waals surface area contributed by atoms with Crippen molar-refractivity contribution in [2.45, 2.75) is 6.61 Å². The Labute approximate surface area is 176 Å². The van der Waals surface area contributed by atoms with Gasteiger partial charge in [-0.05, 0) is 42.5 Å². The number of hydrogen-bond donors (Lipinski definition) is 1. The Kier molecular flexibility index (Phi) is 5.49. The van der Waals surface area contributed by atoms with E-state index in [0.717, 1.165) is 21.8 Å². The number of ether oxygens (including phenoxy) is 3. The SMILES string of the molecule is COc1ccc(C(=O)NC(=O)COC(=O)c2cc3c(s2)-c2ccccc2OC3)cc1. The van der Waals surface area contributed by atoms with Crippen LogP contribution in [0.25, 0.3) is 10.4 Å². The molecular weight excluding hydrogens is 406 g/mol. The number of carbonyl (C=O) groups excluding carboxylic acids is 3. The van der Waals surface area contributed by atoms with Crippen LogP contribution in [-0.4, -0.2) is 31.5 Å². The Bertz CT molecular complexity index is 1120. The van der Waals surface area contributed by atoms with E-state index in [0.29, 0.717) is 22.8 Å². The molecule has 7 nitrogen and oxygen atoms in total. The number of hydrogen-bond acceptors (Lipinski definition) is 7. The van der Waals surface area contributed by atoms with Gasteiger partial charge in [-0.1, -0.05) is 12.1 Å². The quantitative estimate of drug-likeness (QED) is 0.633. The van der Waals surface area contributed by atoms with Crippen LogP contribution < -0.4 is 14.8 Å². The molecule has 0 radical (unpaired) electrons. The summed E-state index contributed by atoms with van der Waals surface area (Å²) in [4.78, 5) is 37.8. The fourth-order valence-corrected chi connectivity index (χ4v) is 4.07. The monoisotopic (exact) mass is 423 g/mol. The molecule has 1 aromatic heterocycles. The predicted octanol–water partition coefficient (Wildman–Crippen LogP) is 3.43. The minimum absolute atomic E-state index is 0.292. The van der Waals surface area contributed by atoms with E-state index >= 15 is 0 Å². The third kappa shape index (κ3) is 4.04. The maximum atomic E-state index is 12.4. The van der Waals surface area contributed by atoms with E-state index in [9.17, 15) is 14.4 Å². The summed E-state index contributed by atoms with van der Waals surface area (Å²) in [5.41, 5.74) is 2.11. The molecule has 0 aliphatic carbocycles. The molecule has 0 atom stereocenters. The number of methoxy groups -OCH3 is 1. The van der Waals surface area contributed by atoms with Gasteiger partial charge in [-0.3, -0.25) is 14.9 Å². The molecule has 4 rings (SSSR count). The topological polar surface area (TPSA) is 90.9 Å². The number of esters is 1. The first-order chi connectivity index (χ1) is 14.5. The lowest BCUT2D eigenvalue weighted by molar-refractivity contribution is -0.123. The summed E-state index contributed by atoms with van der Waals surface area (Å²) in [5, 5.41) is 2.19. The minimum Gasteiger partial charge on any atom is -0.497 e. The predicted molar refractivity (Wildman–Crippen MR) is 110 cm³/mol. The average Bonchev–Trinajstić information content (AvgIpc) is 3.22. The molecule has 0 unspecified atom stereocenters. The van der Waals surface area contributed by atoms with E-state index in [1.807, 2.05) is 24.3 Å². The zero-order valence-corrected chi connectivity index (χ0v) is 16.8. The Morgan fingerprint density at radius 2 is 1.87 bits per heavy atom. The number of para-hydroxylation sites is 1. The molecule has 1 aliphatic rings. The second-order valence-electron chi connectivity index (χ2n) is 6.43. The Morgan fingerprint density at radius 1 is 1.10 bits per heavy atom. The molecule has 2 amide bonds. The van der Waals surface area contributed by atoms with Crippen molar-refractivity contribution in [3.05, 3.63) is 70.6 Å². The highest BCUT2D eigenvalue weighted by Gasteiger charge is 2.23. The van der Waals surface area contributed by atoms with Crippen LogP contribution in [0.2, 0.25) is 0 Å². The van der Waals surface area contributed by atoms with E-state index in [4.69, 9.17) is 14.2 Å². The van der Waals surface area contributed by atoms with Gasteiger partial charge >= 0.3 is 5.97 Å². The van der Waals surface area contributed by atoms with E-state index in [1.165, 1.54) is 30.6 Å². The molecule has 2 heterocycles. The lowest BCUT2D eigenvalue weighted by Crippen LogP contribution is -2.34. The number of nitrogens with one attached hydrogen (secondary N) is 1. The summed E-state index contributed by atoms with van der Waals surface area (Å²) in [6.07, 6.45) is 0. The van der Waals surface area contributed by atoms with Crippen LogP contribution in [0.3, 0.4) is 0 Å². The van der Waals surface area contributed by atoms with Gasteiger partial charge in [-0.2, -0.15) is 0 Å². The maximum absolute atomic E-state index is 12.4.